The van der Waals surface area contributed by atoms with Crippen LogP contribution in [0.5, 0.6) is 0 Å². The lowest BCUT2D eigenvalue weighted by Gasteiger charge is -2.15. The molecule has 4 nitrogen and oxygen atoms in total. The highest BCUT2D eigenvalue weighted by Gasteiger charge is 2.13. The highest BCUT2D eigenvalue weighted by atomic mass is 79.9. The molecule has 0 saturated heterocycles. The van der Waals surface area contributed by atoms with E-state index in [1.54, 1.807) is 30.3 Å². The third kappa shape index (κ3) is 3.49. The summed E-state index contributed by atoms with van der Waals surface area (Å²) in [7, 11) is 3.81. The van der Waals surface area contributed by atoms with Gasteiger partial charge in [0.25, 0.3) is 5.91 Å². The minimum atomic E-state index is -0.247. The van der Waals surface area contributed by atoms with Crippen LogP contribution in [-0.4, -0.2) is 20.0 Å². The van der Waals surface area contributed by atoms with Crippen molar-refractivity contribution in [2.24, 2.45) is 0 Å². The summed E-state index contributed by atoms with van der Waals surface area (Å²) in [6, 6.07) is 10.5. The summed E-state index contributed by atoms with van der Waals surface area (Å²) in [5, 5.41) is 3.38. The number of amides is 1. The van der Waals surface area contributed by atoms with Gasteiger partial charge >= 0.3 is 0 Å². The number of anilines is 3. The first-order chi connectivity index (χ1) is 9.90. The van der Waals surface area contributed by atoms with Crippen molar-refractivity contribution in [2.75, 3.05) is 30.0 Å². The van der Waals surface area contributed by atoms with Gasteiger partial charge in [-0.25, -0.2) is 0 Å². The maximum absolute atomic E-state index is 12.3. The lowest BCUT2D eigenvalue weighted by atomic mass is 10.2. The molecule has 2 rings (SSSR count). The van der Waals surface area contributed by atoms with Gasteiger partial charge in [-0.05, 0) is 46.3 Å². The van der Waals surface area contributed by atoms with E-state index in [9.17, 15) is 4.79 Å². The highest BCUT2D eigenvalue weighted by Crippen LogP contribution is 2.29. The standard InChI is InChI=1S/C15H15BrClN3O/c1-20(2)13-7-6-9(8-11(13)17)19-15(21)10-4-3-5-12(18)14(10)16/h3-8H,18H2,1-2H3,(H,19,21). The number of nitrogens with two attached hydrogens (primary N) is 1. The van der Waals surface area contributed by atoms with Crippen molar-refractivity contribution in [3.05, 3.63) is 51.5 Å². The lowest BCUT2D eigenvalue weighted by molar-refractivity contribution is 0.102. The third-order valence-corrected chi connectivity index (χ3v) is 4.15. The average Bonchev–Trinajstić information content (AvgIpc) is 2.41. The van der Waals surface area contributed by atoms with Gasteiger partial charge in [0.2, 0.25) is 0 Å². The summed E-state index contributed by atoms with van der Waals surface area (Å²) in [5.74, 6) is -0.247. The van der Waals surface area contributed by atoms with Crippen LogP contribution in [0.2, 0.25) is 5.02 Å². The fraction of sp³-hybridized carbons (Fsp3) is 0.133. The Kier molecular flexibility index (Phi) is 4.75. The maximum Gasteiger partial charge on any atom is 0.256 e. The average molecular weight is 369 g/mol. The fourth-order valence-electron chi connectivity index (χ4n) is 1.87. The molecule has 0 spiro atoms. The number of carbonyl (C=O) groups excluding carboxylic acids is 1. The van der Waals surface area contributed by atoms with E-state index < -0.39 is 0 Å². The Bertz CT molecular complexity index is 689. The monoisotopic (exact) mass is 367 g/mol. The summed E-state index contributed by atoms with van der Waals surface area (Å²) < 4.78 is 0.582. The van der Waals surface area contributed by atoms with Crippen molar-refractivity contribution in [1.82, 2.24) is 0 Å². The smallest absolute Gasteiger partial charge is 0.256 e. The summed E-state index contributed by atoms with van der Waals surface area (Å²) in [4.78, 5) is 14.2. The van der Waals surface area contributed by atoms with E-state index in [0.717, 1.165) is 5.69 Å². The maximum atomic E-state index is 12.3. The summed E-state index contributed by atoms with van der Waals surface area (Å²) in [5.41, 5.74) is 8.29. The molecule has 0 aliphatic rings. The number of nitrogens with one attached hydrogen (secondary N) is 1. The van der Waals surface area contributed by atoms with Crippen LogP contribution in [0.4, 0.5) is 17.1 Å². The van der Waals surface area contributed by atoms with Crippen LogP contribution < -0.4 is 16.0 Å². The molecule has 0 aliphatic heterocycles. The van der Waals surface area contributed by atoms with E-state index in [0.29, 0.717) is 26.4 Å². The Morgan fingerprint density at radius 3 is 2.62 bits per heavy atom. The van der Waals surface area contributed by atoms with E-state index in [1.165, 1.54) is 0 Å². The van der Waals surface area contributed by atoms with Gasteiger partial charge in [0, 0.05) is 25.5 Å². The third-order valence-electron chi connectivity index (χ3n) is 2.96. The first-order valence-electron chi connectivity index (χ1n) is 6.22. The topological polar surface area (TPSA) is 58.4 Å². The second-order valence-corrected chi connectivity index (χ2v) is 5.92. The van der Waals surface area contributed by atoms with Crippen LogP contribution in [0.1, 0.15) is 10.4 Å². The second-order valence-electron chi connectivity index (χ2n) is 4.72. The van der Waals surface area contributed by atoms with Gasteiger partial charge in [0.1, 0.15) is 0 Å². The quantitative estimate of drug-likeness (QED) is 0.805. The first kappa shape index (κ1) is 15.7. The zero-order valence-corrected chi connectivity index (χ0v) is 14.0. The van der Waals surface area contributed by atoms with Gasteiger partial charge in [-0.2, -0.15) is 0 Å². The summed E-state index contributed by atoms with van der Waals surface area (Å²) >= 11 is 9.51. The number of nitrogens with zero attached hydrogens (tertiary/aromatic N) is 1. The molecule has 3 N–H and O–H groups in total. The van der Waals surface area contributed by atoms with Crippen molar-refractivity contribution in [2.45, 2.75) is 0 Å². The van der Waals surface area contributed by atoms with E-state index in [1.807, 2.05) is 25.1 Å². The van der Waals surface area contributed by atoms with Crippen molar-refractivity contribution < 1.29 is 4.79 Å². The largest absolute Gasteiger partial charge is 0.398 e. The summed E-state index contributed by atoms with van der Waals surface area (Å²) in [6.07, 6.45) is 0. The summed E-state index contributed by atoms with van der Waals surface area (Å²) in [6.45, 7) is 0. The zero-order chi connectivity index (χ0) is 15.6. The Labute approximate surface area is 137 Å². The molecular formula is C15H15BrClN3O. The molecule has 0 unspecified atom stereocenters. The minimum Gasteiger partial charge on any atom is -0.398 e. The van der Waals surface area contributed by atoms with E-state index in [4.69, 9.17) is 17.3 Å². The van der Waals surface area contributed by atoms with E-state index in [2.05, 4.69) is 21.2 Å². The Hall–Kier alpha value is -1.72. The lowest BCUT2D eigenvalue weighted by Crippen LogP contribution is -2.14. The van der Waals surface area contributed by atoms with Gasteiger partial charge in [0.05, 0.1) is 20.7 Å². The number of hydrogen-bond donors (Lipinski definition) is 2. The highest BCUT2D eigenvalue weighted by molar-refractivity contribution is 9.10. The van der Waals surface area contributed by atoms with Crippen LogP contribution in [0.3, 0.4) is 0 Å². The molecule has 0 saturated carbocycles. The van der Waals surface area contributed by atoms with Gasteiger partial charge in [-0.3, -0.25) is 4.79 Å². The molecule has 0 fully saturated rings. The Morgan fingerprint density at radius 1 is 1.29 bits per heavy atom. The predicted molar refractivity (Wildman–Crippen MR) is 92.3 cm³/mol. The Balaban J connectivity index is 2.24. The normalized spacial score (nSPS) is 10.3. The molecule has 0 radical (unpaired) electrons. The van der Waals surface area contributed by atoms with Gasteiger partial charge < -0.3 is 16.0 Å². The van der Waals surface area contributed by atoms with Crippen LogP contribution in [0.15, 0.2) is 40.9 Å². The molecule has 1 amide bonds. The number of hydrogen-bond acceptors (Lipinski definition) is 3. The molecule has 0 heterocycles. The zero-order valence-electron chi connectivity index (χ0n) is 11.7. The van der Waals surface area contributed by atoms with Crippen LogP contribution in [0, 0.1) is 0 Å². The molecule has 2 aromatic carbocycles. The minimum absolute atomic E-state index is 0.247. The van der Waals surface area contributed by atoms with Crippen LogP contribution in [-0.2, 0) is 0 Å². The number of rotatable bonds is 3. The molecule has 0 aromatic heterocycles. The van der Waals surface area contributed by atoms with Crippen molar-refractivity contribution >= 4 is 50.5 Å². The molecule has 21 heavy (non-hydrogen) atoms. The SMILES string of the molecule is CN(C)c1ccc(NC(=O)c2cccc(N)c2Br)cc1Cl. The van der Waals surface area contributed by atoms with Crippen molar-refractivity contribution in [3.63, 3.8) is 0 Å². The predicted octanol–water partition coefficient (Wildman–Crippen LogP) is 4.00. The number of nitrogen functional groups attached to an aromatic ring is 1. The molecular weight excluding hydrogens is 354 g/mol. The fourth-order valence-corrected chi connectivity index (χ4v) is 2.66. The van der Waals surface area contributed by atoms with Gasteiger partial charge in [-0.1, -0.05) is 17.7 Å². The van der Waals surface area contributed by atoms with E-state index in [-0.39, 0.29) is 5.91 Å². The van der Waals surface area contributed by atoms with Gasteiger partial charge in [-0.15, -0.1) is 0 Å². The molecule has 110 valence electrons. The number of benzene rings is 2. The van der Waals surface area contributed by atoms with Crippen molar-refractivity contribution in [1.29, 1.82) is 0 Å². The number of halogens is 2. The molecule has 6 heteroatoms. The molecule has 0 bridgehead atoms. The van der Waals surface area contributed by atoms with Gasteiger partial charge in [0.15, 0.2) is 0 Å². The molecule has 2 aromatic rings. The number of carbonyl (C=O) groups is 1. The van der Waals surface area contributed by atoms with E-state index >= 15 is 0 Å². The molecule has 0 atom stereocenters. The Morgan fingerprint density at radius 2 is 2.00 bits per heavy atom. The van der Waals surface area contributed by atoms with Crippen LogP contribution >= 0.6 is 27.5 Å². The van der Waals surface area contributed by atoms with Crippen molar-refractivity contribution in [3.8, 4) is 0 Å². The molecule has 0 aliphatic carbocycles. The van der Waals surface area contributed by atoms with Crippen LogP contribution in [0.25, 0.3) is 0 Å². The first-order valence-corrected chi connectivity index (χ1v) is 7.39. The second kappa shape index (κ2) is 6.37.